The van der Waals surface area contributed by atoms with Gasteiger partial charge in [0.1, 0.15) is 30.2 Å². The fourth-order valence-corrected chi connectivity index (χ4v) is 5.88. The zero-order valence-electron chi connectivity index (χ0n) is 22.4. The van der Waals surface area contributed by atoms with E-state index in [1.807, 2.05) is 78.9 Å². The average molecular weight is 584 g/mol. The molecule has 1 fully saturated rings. The van der Waals surface area contributed by atoms with E-state index in [1.165, 1.54) is 4.90 Å². The largest absolute Gasteiger partial charge is 0.489 e. The first kappa shape index (κ1) is 27.6. The van der Waals surface area contributed by atoms with Crippen LogP contribution in [0.15, 0.2) is 97.2 Å². The average Bonchev–Trinajstić information content (AvgIpc) is 3.38. The van der Waals surface area contributed by atoms with Crippen molar-refractivity contribution in [2.45, 2.75) is 25.4 Å². The van der Waals surface area contributed by atoms with Gasteiger partial charge in [0.05, 0.1) is 25.5 Å². The van der Waals surface area contributed by atoms with Gasteiger partial charge in [-0.25, -0.2) is 14.3 Å². The third-order valence-electron chi connectivity index (χ3n) is 6.91. The Morgan fingerprint density at radius 3 is 2.19 bits per heavy atom. The van der Waals surface area contributed by atoms with Crippen molar-refractivity contribution in [1.29, 1.82) is 5.26 Å². The van der Waals surface area contributed by atoms with Gasteiger partial charge in [0.2, 0.25) is 0 Å². The van der Waals surface area contributed by atoms with Crippen LogP contribution in [-0.4, -0.2) is 36.4 Å². The minimum absolute atomic E-state index is 0.0144. The van der Waals surface area contributed by atoms with E-state index >= 15 is 0 Å². The minimum Gasteiger partial charge on any atom is -0.489 e. The van der Waals surface area contributed by atoms with Crippen molar-refractivity contribution in [3.8, 4) is 22.9 Å². The number of phosphoric ester groups is 1. The number of benzene rings is 3. The predicted octanol–water partition coefficient (Wildman–Crippen LogP) is 6.26. The molecule has 0 spiro atoms. The van der Waals surface area contributed by atoms with Crippen LogP contribution in [0.3, 0.4) is 0 Å². The summed E-state index contributed by atoms with van der Waals surface area (Å²) >= 11 is 0. The van der Waals surface area contributed by atoms with Gasteiger partial charge < -0.3 is 9.47 Å². The fraction of sp³-hybridized carbons (Fsp3) is 0.194. The van der Waals surface area contributed by atoms with Gasteiger partial charge in [-0.05, 0) is 41.0 Å². The van der Waals surface area contributed by atoms with E-state index in [4.69, 9.17) is 28.3 Å². The number of hydrogen-bond donors (Lipinski definition) is 0. The Balaban J connectivity index is 1.15. The van der Waals surface area contributed by atoms with Crippen LogP contribution >= 0.6 is 7.82 Å². The van der Waals surface area contributed by atoms with Crippen LogP contribution in [0.2, 0.25) is 0 Å². The van der Waals surface area contributed by atoms with Gasteiger partial charge in [-0.3, -0.25) is 18.5 Å². The van der Waals surface area contributed by atoms with Gasteiger partial charge in [-0.2, -0.15) is 5.26 Å². The molecule has 2 atom stereocenters. The molecule has 3 heterocycles. The lowest BCUT2D eigenvalue weighted by atomic mass is 10.0. The maximum Gasteiger partial charge on any atom is 0.475 e. The van der Waals surface area contributed by atoms with E-state index in [-0.39, 0.29) is 26.4 Å². The molecule has 0 saturated carbocycles. The molecule has 0 unspecified atom stereocenters. The van der Waals surface area contributed by atoms with Gasteiger partial charge in [0.15, 0.2) is 6.10 Å². The van der Waals surface area contributed by atoms with Gasteiger partial charge >= 0.3 is 13.9 Å². The van der Waals surface area contributed by atoms with Crippen molar-refractivity contribution in [1.82, 2.24) is 4.98 Å². The summed E-state index contributed by atoms with van der Waals surface area (Å²) in [7, 11) is -4.06. The zero-order chi connectivity index (χ0) is 28.9. The smallest absolute Gasteiger partial charge is 0.475 e. The standard InChI is InChI=1S/C31H26N3O7P/c32-16-26-13-11-25(17-33-26)24-12-14-27-29(15-24)37-20-28-30(41-31(35)34(27)28)21-40-42(36,38-18-22-7-3-1-4-8-22)39-19-23-9-5-2-6-10-23/h1-15,17,28,30H,18-21H2/t28-,30-/m0/s1. The van der Waals surface area contributed by atoms with Crippen molar-refractivity contribution in [2.75, 3.05) is 18.1 Å². The Kier molecular flexibility index (Phi) is 8.00. The predicted molar refractivity (Wildman–Crippen MR) is 152 cm³/mol. The summed E-state index contributed by atoms with van der Waals surface area (Å²) in [6.07, 6.45) is 0.278. The van der Waals surface area contributed by atoms with Crippen molar-refractivity contribution >= 4 is 19.6 Å². The third-order valence-corrected chi connectivity index (χ3v) is 8.27. The van der Waals surface area contributed by atoms with Crippen LogP contribution in [0, 0.1) is 11.3 Å². The van der Waals surface area contributed by atoms with E-state index < -0.39 is 26.1 Å². The molecule has 1 aromatic heterocycles. The first-order valence-corrected chi connectivity index (χ1v) is 14.7. The van der Waals surface area contributed by atoms with E-state index in [2.05, 4.69) is 4.98 Å². The molecule has 2 aliphatic heterocycles. The Hall–Kier alpha value is -4.52. The Labute approximate surface area is 242 Å². The Bertz CT molecular complexity index is 1600. The second-order valence-electron chi connectivity index (χ2n) is 9.66. The molecule has 0 bridgehead atoms. The monoisotopic (exact) mass is 583 g/mol. The van der Waals surface area contributed by atoms with Gasteiger partial charge in [0.25, 0.3) is 0 Å². The lowest BCUT2D eigenvalue weighted by molar-refractivity contribution is 0.0460. The molecule has 3 aromatic carbocycles. The number of ether oxygens (including phenoxy) is 2. The minimum atomic E-state index is -4.06. The number of carbonyl (C=O) groups is 1. The van der Waals surface area contributed by atoms with Gasteiger partial charge in [-0.15, -0.1) is 0 Å². The van der Waals surface area contributed by atoms with E-state index in [0.717, 1.165) is 22.3 Å². The molecule has 0 radical (unpaired) electrons. The summed E-state index contributed by atoms with van der Waals surface area (Å²) in [6.45, 7) is -0.0513. The molecule has 4 aromatic rings. The third kappa shape index (κ3) is 6.05. The lowest BCUT2D eigenvalue weighted by Crippen LogP contribution is -2.45. The van der Waals surface area contributed by atoms with Gasteiger partial charge in [0, 0.05) is 11.8 Å². The van der Waals surface area contributed by atoms with Crippen molar-refractivity contribution in [3.63, 3.8) is 0 Å². The number of fused-ring (bicyclic) bond motifs is 3. The van der Waals surface area contributed by atoms with Gasteiger partial charge in [-0.1, -0.05) is 66.7 Å². The second-order valence-corrected chi connectivity index (χ2v) is 11.3. The summed E-state index contributed by atoms with van der Waals surface area (Å²) in [5.41, 5.74) is 4.11. The number of cyclic esters (lactones) is 1. The first-order valence-electron chi connectivity index (χ1n) is 13.3. The highest BCUT2D eigenvalue weighted by Crippen LogP contribution is 2.52. The number of nitriles is 1. The Morgan fingerprint density at radius 2 is 1.57 bits per heavy atom. The molecule has 1 saturated heterocycles. The van der Waals surface area contributed by atoms with Crippen LogP contribution in [0.1, 0.15) is 16.8 Å². The SMILES string of the molecule is N#Cc1ccc(-c2ccc3c(c2)OC[C@H]2[C@H](COP(=O)(OCc4ccccc4)OCc4ccccc4)OC(=O)N32)cn1. The van der Waals surface area contributed by atoms with E-state index in [1.54, 1.807) is 24.4 Å². The summed E-state index contributed by atoms with van der Waals surface area (Å²) in [4.78, 5) is 18.6. The zero-order valence-corrected chi connectivity index (χ0v) is 23.3. The molecule has 6 rings (SSSR count). The van der Waals surface area contributed by atoms with Crippen molar-refractivity contribution in [2.24, 2.45) is 0 Å². The van der Waals surface area contributed by atoms with Crippen molar-refractivity contribution in [3.05, 3.63) is 114 Å². The highest BCUT2D eigenvalue weighted by Gasteiger charge is 2.47. The van der Waals surface area contributed by atoms with Crippen LogP contribution in [-0.2, 0) is 36.1 Å². The number of aromatic nitrogens is 1. The van der Waals surface area contributed by atoms with Crippen LogP contribution < -0.4 is 9.64 Å². The van der Waals surface area contributed by atoms with E-state index in [9.17, 15) is 9.36 Å². The number of hydrogen-bond acceptors (Lipinski definition) is 9. The summed E-state index contributed by atoms with van der Waals surface area (Å²) < 4.78 is 42.5. The molecular weight excluding hydrogens is 557 g/mol. The molecule has 0 aliphatic carbocycles. The first-order chi connectivity index (χ1) is 20.5. The number of carbonyl (C=O) groups excluding carboxylic acids is 1. The number of nitrogens with zero attached hydrogens (tertiary/aromatic N) is 3. The molecule has 212 valence electrons. The fourth-order valence-electron chi connectivity index (χ4n) is 4.72. The number of anilines is 1. The van der Waals surface area contributed by atoms with Crippen molar-refractivity contribution < 1.29 is 32.4 Å². The van der Waals surface area contributed by atoms with Crippen LogP contribution in [0.25, 0.3) is 11.1 Å². The van der Waals surface area contributed by atoms with Crippen LogP contribution in [0.4, 0.5) is 10.5 Å². The number of rotatable bonds is 10. The molecule has 1 amide bonds. The van der Waals surface area contributed by atoms with Crippen LogP contribution in [0.5, 0.6) is 5.75 Å². The molecule has 11 heteroatoms. The highest BCUT2D eigenvalue weighted by molar-refractivity contribution is 7.48. The molecule has 0 N–H and O–H groups in total. The number of amides is 1. The molecule has 2 aliphatic rings. The molecule has 42 heavy (non-hydrogen) atoms. The summed E-state index contributed by atoms with van der Waals surface area (Å²) in [5.74, 6) is 0.509. The summed E-state index contributed by atoms with van der Waals surface area (Å²) in [6, 6.07) is 28.9. The lowest BCUT2D eigenvalue weighted by Gasteiger charge is -2.31. The second kappa shape index (κ2) is 12.1. The maximum absolute atomic E-state index is 13.7. The summed E-state index contributed by atoms with van der Waals surface area (Å²) in [5, 5.41) is 9.00. The topological polar surface area (TPSA) is 120 Å². The number of pyridine rings is 1. The Morgan fingerprint density at radius 1 is 0.905 bits per heavy atom. The van der Waals surface area contributed by atoms with E-state index in [0.29, 0.717) is 17.1 Å². The quantitative estimate of drug-likeness (QED) is 0.199. The number of phosphoric acid groups is 1. The maximum atomic E-state index is 13.7. The highest BCUT2D eigenvalue weighted by atomic mass is 31.2. The molecular formula is C31H26N3O7P. The normalized spacial score (nSPS) is 17.5. The molecule has 10 nitrogen and oxygen atoms in total.